The molecule has 0 aromatic heterocycles. The van der Waals surface area contributed by atoms with Gasteiger partial charge in [0, 0.05) is 19.6 Å². The standard InChI is InChI=1S/C14H23NO/c1-11(2)8-12-4-6-13(7-5-12)14(9-15)10-16-3/h4-7,11,14H,8-10,15H2,1-3H3. The lowest BCUT2D eigenvalue weighted by Crippen LogP contribution is -2.17. The first kappa shape index (κ1) is 13.2. The topological polar surface area (TPSA) is 35.2 Å². The van der Waals surface area contributed by atoms with Crippen LogP contribution in [0.3, 0.4) is 0 Å². The molecule has 16 heavy (non-hydrogen) atoms. The monoisotopic (exact) mass is 221 g/mol. The molecular weight excluding hydrogens is 198 g/mol. The predicted octanol–water partition coefficient (Wildman–Crippen LogP) is 2.57. The summed E-state index contributed by atoms with van der Waals surface area (Å²) in [4.78, 5) is 0. The quantitative estimate of drug-likeness (QED) is 0.801. The van der Waals surface area contributed by atoms with Crippen molar-refractivity contribution in [2.45, 2.75) is 26.2 Å². The van der Waals surface area contributed by atoms with Gasteiger partial charge in [0.05, 0.1) is 6.61 Å². The van der Waals surface area contributed by atoms with Crippen molar-refractivity contribution in [3.05, 3.63) is 35.4 Å². The summed E-state index contributed by atoms with van der Waals surface area (Å²) in [5.41, 5.74) is 8.40. The molecule has 1 aromatic carbocycles. The number of methoxy groups -OCH3 is 1. The van der Waals surface area contributed by atoms with Crippen molar-refractivity contribution in [1.82, 2.24) is 0 Å². The van der Waals surface area contributed by atoms with Gasteiger partial charge in [-0.3, -0.25) is 0 Å². The summed E-state index contributed by atoms with van der Waals surface area (Å²) >= 11 is 0. The minimum Gasteiger partial charge on any atom is -0.384 e. The van der Waals surface area contributed by atoms with Crippen molar-refractivity contribution in [3.8, 4) is 0 Å². The molecule has 0 aliphatic rings. The van der Waals surface area contributed by atoms with Gasteiger partial charge in [-0.05, 0) is 23.5 Å². The molecule has 2 N–H and O–H groups in total. The van der Waals surface area contributed by atoms with E-state index < -0.39 is 0 Å². The number of hydrogen-bond acceptors (Lipinski definition) is 2. The third kappa shape index (κ3) is 3.95. The smallest absolute Gasteiger partial charge is 0.0543 e. The van der Waals surface area contributed by atoms with E-state index in [4.69, 9.17) is 10.5 Å². The first-order chi connectivity index (χ1) is 7.67. The lowest BCUT2D eigenvalue weighted by Gasteiger charge is -2.14. The molecule has 0 saturated heterocycles. The maximum atomic E-state index is 5.73. The zero-order valence-electron chi connectivity index (χ0n) is 10.6. The summed E-state index contributed by atoms with van der Waals surface area (Å²) in [7, 11) is 1.72. The van der Waals surface area contributed by atoms with Crippen LogP contribution in [0.1, 0.15) is 30.9 Å². The van der Waals surface area contributed by atoms with E-state index in [-0.39, 0.29) is 0 Å². The van der Waals surface area contributed by atoms with E-state index >= 15 is 0 Å². The van der Waals surface area contributed by atoms with E-state index in [1.54, 1.807) is 7.11 Å². The maximum Gasteiger partial charge on any atom is 0.0543 e. The highest BCUT2D eigenvalue weighted by molar-refractivity contribution is 5.26. The first-order valence-electron chi connectivity index (χ1n) is 5.95. The minimum atomic E-state index is 0.318. The van der Waals surface area contributed by atoms with Crippen molar-refractivity contribution in [3.63, 3.8) is 0 Å². The normalized spacial score (nSPS) is 13.1. The second-order valence-electron chi connectivity index (χ2n) is 4.73. The van der Waals surface area contributed by atoms with Crippen LogP contribution in [0.4, 0.5) is 0 Å². The lowest BCUT2D eigenvalue weighted by molar-refractivity contribution is 0.181. The highest BCUT2D eigenvalue weighted by Gasteiger charge is 2.09. The fourth-order valence-corrected chi connectivity index (χ4v) is 1.90. The molecular formula is C14H23NO. The molecule has 0 aliphatic heterocycles. The fourth-order valence-electron chi connectivity index (χ4n) is 1.90. The summed E-state index contributed by atoms with van der Waals surface area (Å²) in [5, 5.41) is 0. The van der Waals surface area contributed by atoms with Gasteiger partial charge in [-0.1, -0.05) is 38.1 Å². The van der Waals surface area contributed by atoms with Crippen molar-refractivity contribution in [2.75, 3.05) is 20.3 Å². The van der Waals surface area contributed by atoms with Gasteiger partial charge >= 0.3 is 0 Å². The summed E-state index contributed by atoms with van der Waals surface area (Å²) < 4.78 is 5.16. The predicted molar refractivity (Wildman–Crippen MR) is 68.7 cm³/mol. The average Bonchev–Trinajstić information content (AvgIpc) is 2.26. The van der Waals surface area contributed by atoms with Crippen molar-refractivity contribution < 1.29 is 4.74 Å². The Morgan fingerprint density at radius 1 is 1.19 bits per heavy atom. The molecule has 1 aromatic rings. The third-order valence-corrected chi connectivity index (χ3v) is 2.75. The highest BCUT2D eigenvalue weighted by Crippen LogP contribution is 2.17. The zero-order valence-corrected chi connectivity index (χ0v) is 10.6. The van der Waals surface area contributed by atoms with Gasteiger partial charge in [-0.25, -0.2) is 0 Å². The number of ether oxygens (including phenoxy) is 1. The van der Waals surface area contributed by atoms with Gasteiger partial charge in [0.2, 0.25) is 0 Å². The third-order valence-electron chi connectivity index (χ3n) is 2.75. The largest absolute Gasteiger partial charge is 0.384 e. The SMILES string of the molecule is COCC(CN)c1ccc(CC(C)C)cc1. The van der Waals surface area contributed by atoms with Gasteiger partial charge in [0.1, 0.15) is 0 Å². The molecule has 0 radical (unpaired) electrons. The van der Waals surface area contributed by atoms with E-state index in [2.05, 4.69) is 38.1 Å². The van der Waals surface area contributed by atoms with E-state index in [1.807, 2.05) is 0 Å². The van der Waals surface area contributed by atoms with Gasteiger partial charge in [0.15, 0.2) is 0 Å². The molecule has 0 bridgehead atoms. The average molecular weight is 221 g/mol. The molecule has 90 valence electrons. The molecule has 1 unspecified atom stereocenters. The van der Waals surface area contributed by atoms with Crippen molar-refractivity contribution in [1.29, 1.82) is 0 Å². The fraction of sp³-hybridized carbons (Fsp3) is 0.571. The molecule has 0 saturated carbocycles. The van der Waals surface area contributed by atoms with Crippen LogP contribution in [0.15, 0.2) is 24.3 Å². The summed E-state index contributed by atoms with van der Waals surface area (Å²) in [5.74, 6) is 1.02. The molecule has 1 atom stereocenters. The maximum absolute atomic E-state index is 5.73. The van der Waals surface area contributed by atoms with Gasteiger partial charge in [-0.15, -0.1) is 0 Å². The molecule has 2 heteroatoms. The molecule has 2 nitrogen and oxygen atoms in total. The molecule has 0 heterocycles. The Balaban J connectivity index is 2.69. The molecule has 0 aliphatic carbocycles. The van der Waals surface area contributed by atoms with Crippen LogP contribution in [0.25, 0.3) is 0 Å². The number of benzene rings is 1. The lowest BCUT2D eigenvalue weighted by atomic mass is 9.96. The Morgan fingerprint density at radius 2 is 1.81 bits per heavy atom. The summed E-state index contributed by atoms with van der Waals surface area (Å²) in [6, 6.07) is 8.75. The molecule has 0 spiro atoms. The Labute approximate surface area is 98.8 Å². The number of nitrogens with two attached hydrogens (primary N) is 1. The first-order valence-corrected chi connectivity index (χ1v) is 5.95. The van der Waals surface area contributed by atoms with Gasteiger partial charge in [-0.2, -0.15) is 0 Å². The summed E-state index contributed by atoms with van der Waals surface area (Å²) in [6.45, 7) is 5.81. The van der Waals surface area contributed by atoms with Crippen LogP contribution >= 0.6 is 0 Å². The van der Waals surface area contributed by atoms with E-state index in [9.17, 15) is 0 Å². The second kappa shape index (κ2) is 6.66. The Hall–Kier alpha value is -0.860. The van der Waals surface area contributed by atoms with Crippen LogP contribution < -0.4 is 5.73 Å². The summed E-state index contributed by atoms with van der Waals surface area (Å²) in [6.07, 6.45) is 1.14. The Bertz CT molecular complexity index is 292. The zero-order chi connectivity index (χ0) is 12.0. The minimum absolute atomic E-state index is 0.318. The van der Waals surface area contributed by atoms with Gasteiger partial charge in [0.25, 0.3) is 0 Å². The number of hydrogen-bond donors (Lipinski definition) is 1. The Kier molecular flexibility index (Phi) is 5.50. The van der Waals surface area contributed by atoms with Crippen LogP contribution in [0.2, 0.25) is 0 Å². The molecule has 0 fully saturated rings. The van der Waals surface area contributed by atoms with Gasteiger partial charge < -0.3 is 10.5 Å². The molecule has 1 rings (SSSR count). The van der Waals surface area contributed by atoms with E-state index in [1.165, 1.54) is 11.1 Å². The molecule has 0 amide bonds. The highest BCUT2D eigenvalue weighted by atomic mass is 16.5. The van der Waals surface area contributed by atoms with E-state index in [0.717, 1.165) is 6.42 Å². The van der Waals surface area contributed by atoms with Crippen molar-refractivity contribution >= 4 is 0 Å². The number of rotatable bonds is 6. The van der Waals surface area contributed by atoms with Crippen LogP contribution in [0, 0.1) is 5.92 Å². The van der Waals surface area contributed by atoms with Crippen LogP contribution in [-0.4, -0.2) is 20.3 Å². The second-order valence-corrected chi connectivity index (χ2v) is 4.73. The Morgan fingerprint density at radius 3 is 2.25 bits per heavy atom. The van der Waals surface area contributed by atoms with E-state index in [0.29, 0.717) is 25.0 Å². The van der Waals surface area contributed by atoms with Crippen LogP contribution in [0.5, 0.6) is 0 Å². The van der Waals surface area contributed by atoms with Crippen molar-refractivity contribution in [2.24, 2.45) is 11.7 Å². The van der Waals surface area contributed by atoms with Crippen LogP contribution in [-0.2, 0) is 11.2 Å².